The van der Waals surface area contributed by atoms with Gasteiger partial charge in [-0.05, 0) is 54.6 Å². The van der Waals surface area contributed by atoms with Crippen LogP contribution in [0.1, 0.15) is 0 Å². The summed E-state index contributed by atoms with van der Waals surface area (Å²) in [6, 6.07) is 23.5. The maximum atomic E-state index is 6.07. The average Bonchev–Trinajstić information content (AvgIpc) is 3.05. The van der Waals surface area contributed by atoms with Gasteiger partial charge in [0.25, 0.3) is 0 Å². The van der Waals surface area contributed by atoms with Crippen LogP contribution < -0.4 is 0 Å². The van der Waals surface area contributed by atoms with Crippen LogP contribution in [-0.2, 0) is 0 Å². The molecule has 3 aromatic carbocycles. The lowest BCUT2D eigenvalue weighted by Crippen LogP contribution is -1.99. The van der Waals surface area contributed by atoms with E-state index in [4.69, 9.17) is 26.6 Å². The van der Waals surface area contributed by atoms with Gasteiger partial charge in [-0.25, -0.2) is 15.0 Å². The molecule has 5 rings (SSSR count). The van der Waals surface area contributed by atoms with Gasteiger partial charge in [0.2, 0.25) is 0 Å². The van der Waals surface area contributed by atoms with E-state index in [1.54, 1.807) is 0 Å². The topological polar surface area (TPSA) is 43.6 Å². The smallest absolute Gasteiger partial charge is 0.199 e. The van der Waals surface area contributed by atoms with E-state index in [1.165, 1.54) is 0 Å². The van der Waals surface area contributed by atoms with Crippen LogP contribution in [0.15, 0.2) is 77.3 Å². The molecule has 0 spiro atoms. The summed E-state index contributed by atoms with van der Waals surface area (Å²) in [6.45, 7) is 0. The van der Waals surface area contributed by atoms with E-state index in [1.807, 2.05) is 77.4 Å². The van der Waals surface area contributed by atoms with Gasteiger partial charge in [0, 0.05) is 15.1 Å². The molecule has 0 saturated carbocycles. The number of imidazole rings is 1. The lowest BCUT2D eigenvalue weighted by Gasteiger charge is -2.09. The average molecular weight is 436 g/mol. The highest BCUT2D eigenvalue weighted by atomic mass is 79.9. The molecular formula is C21H12BrClN4. The Kier molecular flexibility index (Phi) is 3.92. The van der Waals surface area contributed by atoms with E-state index in [0.29, 0.717) is 10.7 Å². The first-order valence-electron chi connectivity index (χ1n) is 8.36. The van der Waals surface area contributed by atoms with Crippen LogP contribution in [0, 0.1) is 0 Å². The van der Waals surface area contributed by atoms with Crippen molar-refractivity contribution in [3.8, 4) is 17.1 Å². The third kappa shape index (κ3) is 2.89. The van der Waals surface area contributed by atoms with Gasteiger partial charge in [0.15, 0.2) is 11.3 Å². The lowest BCUT2D eigenvalue weighted by atomic mass is 10.2. The molecule has 0 N–H and O–H groups in total. The van der Waals surface area contributed by atoms with Gasteiger partial charge in [-0.2, -0.15) is 0 Å². The summed E-state index contributed by atoms with van der Waals surface area (Å²) < 4.78 is 3.01. The Morgan fingerprint density at radius 3 is 2.26 bits per heavy atom. The number of para-hydroxylation sites is 2. The Bertz CT molecular complexity index is 1300. The van der Waals surface area contributed by atoms with Gasteiger partial charge in [-0.15, -0.1) is 0 Å². The number of aromatic nitrogens is 4. The van der Waals surface area contributed by atoms with Crippen molar-refractivity contribution in [2.24, 2.45) is 0 Å². The Balaban J connectivity index is 1.88. The first-order valence-corrected chi connectivity index (χ1v) is 9.53. The third-order valence-electron chi connectivity index (χ3n) is 4.34. The fourth-order valence-electron chi connectivity index (χ4n) is 3.11. The highest BCUT2D eigenvalue weighted by molar-refractivity contribution is 9.10. The molecule has 0 unspecified atom stereocenters. The number of hydrogen-bond donors (Lipinski definition) is 0. The first kappa shape index (κ1) is 16.4. The summed E-state index contributed by atoms with van der Waals surface area (Å²) in [5.74, 6) is 0.773. The molecule has 0 bridgehead atoms. The Morgan fingerprint density at radius 1 is 0.778 bits per heavy atom. The van der Waals surface area contributed by atoms with Crippen LogP contribution in [0.5, 0.6) is 0 Å². The van der Waals surface area contributed by atoms with Crippen LogP contribution >= 0.6 is 27.5 Å². The van der Waals surface area contributed by atoms with E-state index < -0.39 is 0 Å². The molecule has 0 atom stereocenters. The molecule has 130 valence electrons. The van der Waals surface area contributed by atoms with E-state index in [9.17, 15) is 0 Å². The summed E-state index contributed by atoms with van der Waals surface area (Å²) in [5.41, 5.74) is 4.90. The monoisotopic (exact) mass is 434 g/mol. The number of rotatable bonds is 2. The van der Waals surface area contributed by atoms with Gasteiger partial charge >= 0.3 is 0 Å². The second kappa shape index (κ2) is 6.44. The zero-order valence-electron chi connectivity index (χ0n) is 14.0. The van der Waals surface area contributed by atoms with E-state index in [0.717, 1.165) is 38.2 Å². The molecule has 4 nitrogen and oxygen atoms in total. The molecule has 5 aromatic rings. The normalized spacial score (nSPS) is 11.3. The SMILES string of the molecule is Clc1ccc(-c2nc3nc4ccccc4nc3n2-c2cccc(Br)c2)cc1. The predicted octanol–water partition coefficient (Wildman–Crippen LogP) is 6.05. The second-order valence-electron chi connectivity index (χ2n) is 6.12. The molecule has 0 radical (unpaired) electrons. The van der Waals surface area contributed by atoms with Crippen molar-refractivity contribution in [1.82, 2.24) is 19.5 Å². The number of fused-ring (bicyclic) bond motifs is 2. The maximum Gasteiger partial charge on any atom is 0.199 e. The summed E-state index contributed by atoms with van der Waals surface area (Å²) in [4.78, 5) is 14.4. The standard InChI is InChI=1S/C21H12BrClN4/c22-14-4-3-5-16(12-14)27-20(13-8-10-15(23)11-9-13)26-19-21(27)25-18-7-2-1-6-17(18)24-19/h1-12H. The quantitative estimate of drug-likeness (QED) is 0.339. The molecule has 27 heavy (non-hydrogen) atoms. The zero-order valence-corrected chi connectivity index (χ0v) is 16.3. The molecular weight excluding hydrogens is 424 g/mol. The van der Waals surface area contributed by atoms with Crippen molar-refractivity contribution in [2.45, 2.75) is 0 Å². The van der Waals surface area contributed by atoms with E-state index >= 15 is 0 Å². The molecule has 0 amide bonds. The molecule has 2 aromatic heterocycles. The minimum atomic E-state index is 0.610. The van der Waals surface area contributed by atoms with Gasteiger partial charge in [-0.3, -0.25) is 4.57 Å². The van der Waals surface area contributed by atoms with Crippen LogP contribution in [0.4, 0.5) is 0 Å². The molecule has 2 heterocycles. The van der Waals surface area contributed by atoms with Gasteiger partial charge in [-0.1, -0.05) is 45.7 Å². The maximum absolute atomic E-state index is 6.07. The molecule has 0 fully saturated rings. The molecule has 0 aliphatic heterocycles. The number of benzene rings is 3. The third-order valence-corrected chi connectivity index (χ3v) is 5.08. The van der Waals surface area contributed by atoms with Crippen molar-refractivity contribution in [2.75, 3.05) is 0 Å². The highest BCUT2D eigenvalue weighted by Crippen LogP contribution is 2.30. The lowest BCUT2D eigenvalue weighted by molar-refractivity contribution is 1.08. The minimum Gasteiger partial charge on any atom is -0.275 e. The number of nitrogens with zero attached hydrogens (tertiary/aromatic N) is 4. The first-order chi connectivity index (χ1) is 13.2. The minimum absolute atomic E-state index is 0.610. The molecule has 6 heteroatoms. The van der Waals surface area contributed by atoms with Crippen molar-refractivity contribution in [3.63, 3.8) is 0 Å². The van der Waals surface area contributed by atoms with E-state index in [-0.39, 0.29) is 0 Å². The zero-order chi connectivity index (χ0) is 18.4. The van der Waals surface area contributed by atoms with Crippen molar-refractivity contribution in [1.29, 1.82) is 0 Å². The van der Waals surface area contributed by atoms with Crippen molar-refractivity contribution < 1.29 is 0 Å². The van der Waals surface area contributed by atoms with Crippen LogP contribution in [0.2, 0.25) is 5.02 Å². The number of hydrogen-bond acceptors (Lipinski definition) is 3. The summed E-state index contributed by atoms with van der Waals surface area (Å²) >= 11 is 9.62. The number of halogens is 2. The predicted molar refractivity (Wildman–Crippen MR) is 112 cm³/mol. The Morgan fingerprint density at radius 2 is 1.52 bits per heavy atom. The highest BCUT2D eigenvalue weighted by Gasteiger charge is 2.17. The van der Waals surface area contributed by atoms with Gasteiger partial charge < -0.3 is 0 Å². The van der Waals surface area contributed by atoms with Gasteiger partial charge in [0.05, 0.1) is 16.7 Å². The molecule has 0 aliphatic rings. The fraction of sp³-hybridized carbons (Fsp3) is 0. The fourth-order valence-corrected chi connectivity index (χ4v) is 3.62. The van der Waals surface area contributed by atoms with Crippen LogP contribution in [0.3, 0.4) is 0 Å². The Labute approximate surface area is 168 Å². The van der Waals surface area contributed by atoms with Crippen LogP contribution in [0.25, 0.3) is 39.4 Å². The largest absolute Gasteiger partial charge is 0.275 e. The summed E-state index contributed by atoms with van der Waals surface area (Å²) in [6.07, 6.45) is 0. The van der Waals surface area contributed by atoms with Crippen molar-refractivity contribution >= 4 is 49.9 Å². The Hall–Kier alpha value is -2.76. The summed E-state index contributed by atoms with van der Waals surface area (Å²) in [7, 11) is 0. The van der Waals surface area contributed by atoms with E-state index in [2.05, 4.69) is 15.9 Å². The molecule has 0 aliphatic carbocycles. The summed E-state index contributed by atoms with van der Waals surface area (Å²) in [5, 5.41) is 0.686. The molecule has 0 saturated heterocycles. The second-order valence-corrected chi connectivity index (χ2v) is 7.47. The van der Waals surface area contributed by atoms with Crippen LogP contribution in [-0.4, -0.2) is 19.5 Å². The van der Waals surface area contributed by atoms with Crippen molar-refractivity contribution in [3.05, 3.63) is 82.3 Å². The van der Waals surface area contributed by atoms with Gasteiger partial charge in [0.1, 0.15) is 5.82 Å².